The fraction of sp³-hybridized carbons (Fsp3) is 0.360. The molecule has 8 nitrogen and oxygen atoms in total. The molecular weight excluding hydrogens is 473 g/mol. The van der Waals surface area contributed by atoms with Gasteiger partial charge in [0.05, 0.1) is 29.0 Å². The average Bonchev–Trinajstić information content (AvgIpc) is 3.29. The number of imidazole rings is 1. The smallest absolute Gasteiger partial charge is 0.416 e. The van der Waals surface area contributed by atoms with Crippen LogP contribution in [0.5, 0.6) is 5.75 Å². The summed E-state index contributed by atoms with van der Waals surface area (Å²) in [5.74, 6) is 0.221. The molecule has 1 saturated carbocycles. The second kappa shape index (κ2) is 6.86. The summed E-state index contributed by atoms with van der Waals surface area (Å²) in [6.07, 6.45) is 0.899. The van der Waals surface area contributed by atoms with Crippen molar-refractivity contribution in [2.24, 2.45) is 5.41 Å². The number of carbonyl (C=O) groups is 1. The predicted octanol–water partition coefficient (Wildman–Crippen LogP) is 4.32. The number of nitrogen functional groups attached to an aromatic ring is 1. The van der Waals surface area contributed by atoms with Gasteiger partial charge in [-0.05, 0) is 49.8 Å². The standard InChI is InChI=1S/C25H21F3N6O2/c1-12-20-22(29)32-16-9-30-15(7-17(16)34(20)11-31-12)23(35)33-10-24(4-5-24)8-19-21(33)14-3-2-13(25(26,27)28)6-18(14)36-19/h2-3,6-7,9,11,19,21H,4-5,8,10H2,1H3,(H2,29,32)/t19-,21-/m0/s1. The number of fused-ring (bicyclic) bond motifs is 6. The third kappa shape index (κ3) is 3.01. The summed E-state index contributed by atoms with van der Waals surface area (Å²) in [5.41, 5.74) is 8.65. The number of ether oxygens (including phenoxy) is 1. The molecule has 7 rings (SSSR count). The van der Waals surface area contributed by atoms with Crippen LogP contribution in [0.3, 0.4) is 0 Å². The van der Waals surface area contributed by atoms with Crippen LogP contribution in [0.4, 0.5) is 19.0 Å². The number of hydrogen-bond donors (Lipinski definition) is 1. The van der Waals surface area contributed by atoms with Gasteiger partial charge in [0.1, 0.15) is 34.9 Å². The third-order valence-electron chi connectivity index (χ3n) is 7.76. The zero-order chi connectivity index (χ0) is 25.0. The molecule has 0 unspecified atom stereocenters. The van der Waals surface area contributed by atoms with Crippen LogP contribution in [0.15, 0.2) is 36.8 Å². The number of anilines is 1. The Labute approximate surface area is 202 Å². The van der Waals surface area contributed by atoms with Gasteiger partial charge in [-0.15, -0.1) is 0 Å². The molecule has 11 heteroatoms. The molecule has 0 bridgehead atoms. The second-order valence-corrected chi connectivity index (χ2v) is 10.1. The first-order valence-electron chi connectivity index (χ1n) is 11.7. The van der Waals surface area contributed by atoms with E-state index in [0.717, 1.165) is 30.7 Å². The summed E-state index contributed by atoms with van der Waals surface area (Å²) < 4.78 is 47.7. The minimum absolute atomic E-state index is 0.0622. The molecule has 5 heterocycles. The summed E-state index contributed by atoms with van der Waals surface area (Å²) in [7, 11) is 0. The SMILES string of the molecule is Cc1ncn2c1c(N)nc1cnc(C(=O)N3CC4(CC4)C[C@@H]4Oc5cc(C(F)(F)F)ccc5[C@@H]43)cc12. The van der Waals surface area contributed by atoms with Gasteiger partial charge in [0.15, 0.2) is 5.82 Å². The fourth-order valence-electron chi connectivity index (χ4n) is 5.79. The maximum absolute atomic E-state index is 13.9. The fourth-order valence-corrected chi connectivity index (χ4v) is 5.79. The van der Waals surface area contributed by atoms with E-state index in [0.29, 0.717) is 40.9 Å². The Morgan fingerprint density at radius 2 is 2.03 bits per heavy atom. The minimum atomic E-state index is -4.47. The van der Waals surface area contributed by atoms with Crippen molar-refractivity contribution in [3.05, 3.63) is 59.3 Å². The molecule has 3 aliphatic rings. The van der Waals surface area contributed by atoms with Gasteiger partial charge in [-0.2, -0.15) is 13.2 Å². The van der Waals surface area contributed by atoms with Gasteiger partial charge in [0.25, 0.3) is 5.91 Å². The molecular formula is C25H21F3N6O2. The maximum Gasteiger partial charge on any atom is 0.416 e. The molecule has 2 aliphatic heterocycles. The number of amides is 1. The van der Waals surface area contributed by atoms with Crippen LogP contribution >= 0.6 is 0 Å². The number of nitrogens with two attached hydrogens (primary N) is 1. The number of nitrogens with zero attached hydrogens (tertiary/aromatic N) is 5. The van der Waals surface area contributed by atoms with Gasteiger partial charge >= 0.3 is 6.18 Å². The van der Waals surface area contributed by atoms with Crippen molar-refractivity contribution in [2.75, 3.05) is 12.3 Å². The lowest BCUT2D eigenvalue weighted by molar-refractivity contribution is -0.137. The zero-order valence-electron chi connectivity index (χ0n) is 19.2. The van der Waals surface area contributed by atoms with Gasteiger partial charge in [0.2, 0.25) is 0 Å². The number of alkyl halides is 3. The van der Waals surface area contributed by atoms with E-state index in [1.165, 1.54) is 12.3 Å². The molecule has 2 fully saturated rings. The van der Waals surface area contributed by atoms with Gasteiger partial charge in [0, 0.05) is 12.1 Å². The van der Waals surface area contributed by atoms with Crippen molar-refractivity contribution >= 4 is 28.3 Å². The number of benzene rings is 1. The van der Waals surface area contributed by atoms with Crippen LogP contribution in [0.1, 0.15) is 52.6 Å². The number of carbonyl (C=O) groups excluding carboxylic acids is 1. The summed E-state index contributed by atoms with van der Waals surface area (Å²) in [5, 5.41) is 0. The van der Waals surface area contributed by atoms with Gasteiger partial charge < -0.3 is 15.4 Å². The molecule has 4 aromatic rings. The van der Waals surface area contributed by atoms with Crippen LogP contribution < -0.4 is 10.5 Å². The first-order valence-corrected chi connectivity index (χ1v) is 11.7. The molecule has 36 heavy (non-hydrogen) atoms. The molecule has 1 aromatic carbocycles. The lowest BCUT2D eigenvalue weighted by Crippen LogP contribution is -2.49. The first kappa shape index (κ1) is 21.4. The number of aryl methyl sites for hydroxylation is 1. The van der Waals surface area contributed by atoms with E-state index in [9.17, 15) is 18.0 Å². The van der Waals surface area contributed by atoms with Crippen LogP contribution in [-0.2, 0) is 6.18 Å². The average molecular weight is 494 g/mol. The zero-order valence-corrected chi connectivity index (χ0v) is 19.2. The quantitative estimate of drug-likeness (QED) is 0.423. The Morgan fingerprint density at radius 1 is 1.22 bits per heavy atom. The van der Waals surface area contributed by atoms with Crippen molar-refractivity contribution in [2.45, 2.75) is 44.5 Å². The number of aromatic nitrogens is 4. The van der Waals surface area contributed by atoms with Crippen molar-refractivity contribution in [3.63, 3.8) is 0 Å². The van der Waals surface area contributed by atoms with Crippen LogP contribution in [0.25, 0.3) is 16.6 Å². The molecule has 1 saturated heterocycles. The highest BCUT2D eigenvalue weighted by Crippen LogP contribution is 2.59. The van der Waals surface area contributed by atoms with Crippen LogP contribution in [0, 0.1) is 12.3 Å². The second-order valence-electron chi connectivity index (χ2n) is 10.1. The maximum atomic E-state index is 13.9. The summed E-state index contributed by atoms with van der Waals surface area (Å²) in [6, 6.07) is 4.73. The summed E-state index contributed by atoms with van der Waals surface area (Å²) in [6.45, 7) is 2.34. The summed E-state index contributed by atoms with van der Waals surface area (Å²) in [4.78, 5) is 28.8. The first-order chi connectivity index (χ1) is 17.1. The van der Waals surface area contributed by atoms with Gasteiger partial charge in [-0.1, -0.05) is 6.07 Å². The van der Waals surface area contributed by atoms with E-state index >= 15 is 0 Å². The Morgan fingerprint density at radius 3 is 2.78 bits per heavy atom. The molecule has 3 aromatic heterocycles. The number of rotatable bonds is 1. The monoisotopic (exact) mass is 494 g/mol. The molecule has 2 atom stereocenters. The van der Waals surface area contributed by atoms with Crippen molar-refractivity contribution < 1.29 is 22.7 Å². The Balaban J connectivity index is 1.32. The lowest BCUT2D eigenvalue weighted by atomic mass is 9.85. The lowest BCUT2D eigenvalue weighted by Gasteiger charge is -2.41. The largest absolute Gasteiger partial charge is 0.488 e. The van der Waals surface area contributed by atoms with E-state index in [2.05, 4.69) is 15.0 Å². The number of hydrogen-bond acceptors (Lipinski definition) is 6. The number of pyridine rings is 1. The van der Waals surface area contributed by atoms with Crippen molar-refractivity contribution in [1.29, 1.82) is 0 Å². The summed E-state index contributed by atoms with van der Waals surface area (Å²) >= 11 is 0. The van der Waals surface area contributed by atoms with Crippen LogP contribution in [-0.4, -0.2) is 42.8 Å². The van der Waals surface area contributed by atoms with E-state index in [4.69, 9.17) is 10.5 Å². The third-order valence-corrected chi connectivity index (χ3v) is 7.76. The molecule has 1 aliphatic carbocycles. The van der Waals surface area contributed by atoms with E-state index in [-0.39, 0.29) is 22.8 Å². The van der Waals surface area contributed by atoms with Crippen LogP contribution in [0.2, 0.25) is 0 Å². The van der Waals surface area contributed by atoms with E-state index in [1.807, 2.05) is 6.92 Å². The molecule has 184 valence electrons. The highest BCUT2D eigenvalue weighted by atomic mass is 19.4. The van der Waals surface area contributed by atoms with Gasteiger partial charge in [-0.3, -0.25) is 9.20 Å². The number of likely N-dealkylation sites (tertiary alicyclic amines) is 1. The molecule has 1 amide bonds. The molecule has 0 radical (unpaired) electrons. The highest BCUT2D eigenvalue weighted by molar-refractivity contribution is 5.96. The van der Waals surface area contributed by atoms with Crippen molar-refractivity contribution in [3.8, 4) is 5.75 Å². The molecule has 1 spiro atoms. The predicted molar refractivity (Wildman–Crippen MR) is 123 cm³/mol. The normalized spacial score (nSPS) is 22.1. The van der Waals surface area contributed by atoms with E-state index < -0.39 is 23.9 Å². The van der Waals surface area contributed by atoms with Crippen molar-refractivity contribution in [1.82, 2.24) is 24.3 Å². The Hall–Kier alpha value is -3.89. The Kier molecular flexibility index (Phi) is 4.08. The topological polar surface area (TPSA) is 98.6 Å². The van der Waals surface area contributed by atoms with Gasteiger partial charge in [-0.25, -0.2) is 15.0 Å². The molecule has 2 N–H and O–H groups in total. The number of piperidine rings is 1. The van der Waals surface area contributed by atoms with E-state index in [1.54, 1.807) is 21.7 Å². The highest BCUT2D eigenvalue weighted by Gasteiger charge is 2.57. The Bertz CT molecular complexity index is 1590. The number of halogens is 3. The minimum Gasteiger partial charge on any atom is -0.488 e.